The molecule has 6 nitrogen and oxygen atoms in total. The first-order chi connectivity index (χ1) is 11.2. The van der Waals surface area contributed by atoms with Crippen molar-refractivity contribution in [2.24, 2.45) is 0 Å². The lowest BCUT2D eigenvalue weighted by Crippen LogP contribution is -2.21. The number of hydrogen-bond donors (Lipinski definition) is 2. The summed E-state index contributed by atoms with van der Waals surface area (Å²) in [7, 11) is 0. The smallest absolute Gasteiger partial charge is 0.291 e. The maximum absolute atomic E-state index is 12.4. The van der Waals surface area contributed by atoms with Gasteiger partial charge in [-0.15, -0.1) is 0 Å². The van der Waals surface area contributed by atoms with Crippen LogP contribution in [0, 0.1) is 0 Å². The zero-order valence-electron chi connectivity index (χ0n) is 12.5. The second-order valence-electron chi connectivity index (χ2n) is 4.81. The molecule has 23 heavy (non-hydrogen) atoms. The highest BCUT2D eigenvalue weighted by atomic mass is 16.5. The summed E-state index contributed by atoms with van der Waals surface area (Å²) in [5.41, 5.74) is 0.647. The van der Waals surface area contributed by atoms with Crippen LogP contribution in [0.5, 0.6) is 5.75 Å². The fraction of sp³-hybridized carbons (Fsp3) is 0.118. The molecule has 0 fully saturated rings. The second-order valence-corrected chi connectivity index (χ2v) is 4.81. The summed E-state index contributed by atoms with van der Waals surface area (Å²) in [5.74, 6) is 0.0199. The van der Waals surface area contributed by atoms with E-state index in [1.165, 1.54) is 0 Å². The molecule has 2 aromatic carbocycles. The van der Waals surface area contributed by atoms with E-state index in [0.717, 1.165) is 0 Å². The lowest BCUT2D eigenvalue weighted by molar-refractivity contribution is 0.101. The second kappa shape index (κ2) is 6.31. The minimum absolute atomic E-state index is 0.0417. The topological polar surface area (TPSA) is 84.1 Å². The minimum Gasteiger partial charge on any atom is -0.492 e. The summed E-state index contributed by atoms with van der Waals surface area (Å²) in [5, 5.41) is 3.15. The van der Waals surface area contributed by atoms with Gasteiger partial charge in [0.2, 0.25) is 0 Å². The van der Waals surface area contributed by atoms with Crippen LogP contribution < -0.4 is 15.6 Å². The number of benzene rings is 2. The summed E-state index contributed by atoms with van der Waals surface area (Å²) in [6.07, 6.45) is 0. The third-order valence-corrected chi connectivity index (χ3v) is 3.26. The summed E-state index contributed by atoms with van der Waals surface area (Å²) in [6.45, 7) is 2.35. The van der Waals surface area contributed by atoms with Gasteiger partial charge in [-0.2, -0.15) is 0 Å². The number of H-pyrrole nitrogens is 1. The largest absolute Gasteiger partial charge is 0.492 e. The highest BCUT2D eigenvalue weighted by Crippen LogP contribution is 2.23. The van der Waals surface area contributed by atoms with Gasteiger partial charge in [0.25, 0.3) is 11.5 Å². The van der Waals surface area contributed by atoms with Crippen molar-refractivity contribution in [2.75, 3.05) is 11.9 Å². The molecule has 0 saturated heterocycles. The fourth-order valence-electron chi connectivity index (χ4n) is 2.23. The summed E-state index contributed by atoms with van der Waals surface area (Å²) in [4.78, 5) is 31.1. The van der Waals surface area contributed by atoms with Crippen molar-refractivity contribution in [1.82, 2.24) is 9.97 Å². The van der Waals surface area contributed by atoms with Gasteiger partial charge in [-0.1, -0.05) is 24.3 Å². The van der Waals surface area contributed by atoms with E-state index in [0.29, 0.717) is 28.9 Å². The maximum atomic E-state index is 12.4. The highest BCUT2D eigenvalue weighted by Gasteiger charge is 2.13. The molecule has 0 aliphatic carbocycles. The van der Waals surface area contributed by atoms with Crippen molar-refractivity contribution in [3.05, 3.63) is 64.7 Å². The number of fused-ring (bicyclic) bond motifs is 1. The number of carbonyl (C=O) groups is 1. The van der Waals surface area contributed by atoms with Gasteiger partial charge >= 0.3 is 0 Å². The number of rotatable bonds is 4. The van der Waals surface area contributed by atoms with Crippen LogP contribution in [0.1, 0.15) is 17.5 Å². The average Bonchev–Trinajstić information content (AvgIpc) is 2.57. The number of nitrogens with one attached hydrogen (secondary N) is 2. The number of carbonyl (C=O) groups excluding carboxylic acids is 1. The summed E-state index contributed by atoms with van der Waals surface area (Å²) in [6, 6.07) is 13.9. The molecule has 6 heteroatoms. The predicted octanol–water partition coefficient (Wildman–Crippen LogP) is 2.57. The molecular weight excluding hydrogens is 294 g/mol. The molecule has 0 radical (unpaired) electrons. The molecule has 116 valence electrons. The molecule has 1 aromatic heterocycles. The molecule has 0 spiro atoms. The Labute approximate surface area is 132 Å². The van der Waals surface area contributed by atoms with Gasteiger partial charge in [-0.25, -0.2) is 4.98 Å². The van der Waals surface area contributed by atoms with Gasteiger partial charge < -0.3 is 15.0 Å². The van der Waals surface area contributed by atoms with Crippen LogP contribution in [-0.2, 0) is 0 Å². The first-order valence-electron chi connectivity index (χ1n) is 7.21. The lowest BCUT2D eigenvalue weighted by atomic mass is 10.2. The SMILES string of the molecule is CCOc1ccccc1NC(=O)c1nc2ccccc2c(=O)[nH]1. The Morgan fingerprint density at radius 3 is 2.74 bits per heavy atom. The number of anilines is 1. The van der Waals surface area contributed by atoms with E-state index >= 15 is 0 Å². The van der Waals surface area contributed by atoms with E-state index in [1.807, 2.05) is 13.0 Å². The molecule has 0 aliphatic rings. The molecule has 0 bridgehead atoms. The highest BCUT2D eigenvalue weighted by molar-refractivity contribution is 6.03. The first kappa shape index (κ1) is 14.8. The fourth-order valence-corrected chi connectivity index (χ4v) is 2.23. The van der Waals surface area contributed by atoms with Crippen molar-refractivity contribution in [2.45, 2.75) is 6.92 Å². The Balaban J connectivity index is 1.94. The standard InChI is InChI=1S/C17H15N3O3/c1-2-23-14-10-6-5-9-13(14)19-17(22)15-18-12-8-4-3-7-11(12)16(21)20-15/h3-10H,2H2,1H3,(H,19,22)(H,18,20,21). The number of hydrogen-bond acceptors (Lipinski definition) is 4. The zero-order valence-corrected chi connectivity index (χ0v) is 12.5. The van der Waals surface area contributed by atoms with Crippen LogP contribution in [0.4, 0.5) is 5.69 Å². The molecule has 1 amide bonds. The van der Waals surface area contributed by atoms with Crippen LogP contribution in [0.2, 0.25) is 0 Å². The Morgan fingerprint density at radius 2 is 1.91 bits per heavy atom. The summed E-state index contributed by atoms with van der Waals surface area (Å²) >= 11 is 0. The monoisotopic (exact) mass is 309 g/mol. The Hall–Kier alpha value is -3.15. The third kappa shape index (κ3) is 3.06. The van der Waals surface area contributed by atoms with Crippen LogP contribution in [0.3, 0.4) is 0 Å². The number of amides is 1. The van der Waals surface area contributed by atoms with Crippen LogP contribution in [0.15, 0.2) is 53.3 Å². The van der Waals surface area contributed by atoms with Crippen molar-refractivity contribution in [1.29, 1.82) is 0 Å². The molecule has 0 saturated carbocycles. The number of para-hydroxylation sites is 3. The molecule has 3 aromatic rings. The Bertz CT molecular complexity index is 918. The molecule has 2 N–H and O–H groups in total. The van der Waals surface area contributed by atoms with E-state index in [9.17, 15) is 9.59 Å². The zero-order chi connectivity index (χ0) is 16.2. The Kier molecular flexibility index (Phi) is 4.05. The van der Waals surface area contributed by atoms with E-state index in [-0.39, 0.29) is 11.4 Å². The summed E-state index contributed by atoms with van der Waals surface area (Å²) < 4.78 is 5.46. The quantitative estimate of drug-likeness (QED) is 0.776. The number of aromatic amines is 1. The van der Waals surface area contributed by atoms with Gasteiger partial charge in [0.15, 0.2) is 5.82 Å². The van der Waals surface area contributed by atoms with E-state index in [1.54, 1.807) is 42.5 Å². The van der Waals surface area contributed by atoms with E-state index in [2.05, 4.69) is 15.3 Å². The van der Waals surface area contributed by atoms with Crippen molar-refractivity contribution < 1.29 is 9.53 Å². The van der Waals surface area contributed by atoms with Crippen LogP contribution in [-0.4, -0.2) is 22.5 Å². The molecule has 1 heterocycles. The number of aromatic nitrogens is 2. The predicted molar refractivity (Wildman–Crippen MR) is 87.9 cm³/mol. The van der Waals surface area contributed by atoms with Gasteiger partial charge in [0.05, 0.1) is 23.2 Å². The molecular formula is C17H15N3O3. The van der Waals surface area contributed by atoms with Crippen LogP contribution >= 0.6 is 0 Å². The van der Waals surface area contributed by atoms with Gasteiger partial charge in [-0.05, 0) is 31.2 Å². The van der Waals surface area contributed by atoms with Gasteiger partial charge in [0, 0.05) is 0 Å². The van der Waals surface area contributed by atoms with Crippen LogP contribution in [0.25, 0.3) is 10.9 Å². The third-order valence-electron chi connectivity index (χ3n) is 3.26. The van der Waals surface area contributed by atoms with E-state index in [4.69, 9.17) is 4.74 Å². The molecule has 3 rings (SSSR count). The van der Waals surface area contributed by atoms with Crippen molar-refractivity contribution in [3.63, 3.8) is 0 Å². The molecule has 0 atom stereocenters. The van der Waals surface area contributed by atoms with E-state index < -0.39 is 5.91 Å². The maximum Gasteiger partial charge on any atom is 0.291 e. The number of nitrogens with zero attached hydrogens (tertiary/aromatic N) is 1. The van der Waals surface area contributed by atoms with Crippen molar-refractivity contribution in [3.8, 4) is 5.75 Å². The van der Waals surface area contributed by atoms with Gasteiger partial charge in [-0.3, -0.25) is 9.59 Å². The van der Waals surface area contributed by atoms with Gasteiger partial charge in [0.1, 0.15) is 5.75 Å². The minimum atomic E-state index is -0.500. The molecule has 0 unspecified atom stereocenters. The van der Waals surface area contributed by atoms with Crippen molar-refractivity contribution >= 4 is 22.5 Å². The first-order valence-corrected chi connectivity index (χ1v) is 7.21. The normalized spacial score (nSPS) is 10.5. The number of ether oxygens (including phenoxy) is 1. The Morgan fingerprint density at radius 1 is 1.17 bits per heavy atom. The lowest BCUT2D eigenvalue weighted by Gasteiger charge is -2.11. The average molecular weight is 309 g/mol. The molecule has 0 aliphatic heterocycles.